The Balaban J connectivity index is 0.000000980. The van der Waals surface area contributed by atoms with Gasteiger partial charge in [0.1, 0.15) is 11.7 Å². The summed E-state index contributed by atoms with van der Waals surface area (Å²) in [5, 5.41) is 0. The summed E-state index contributed by atoms with van der Waals surface area (Å²) in [7, 11) is 0. The summed E-state index contributed by atoms with van der Waals surface area (Å²) in [6.07, 6.45) is 3.92. The lowest BCUT2D eigenvalue weighted by Gasteiger charge is -2.07. The van der Waals surface area contributed by atoms with Crippen LogP contribution in [0.4, 0.5) is 5.82 Å². The van der Waals surface area contributed by atoms with Crippen LogP contribution in [0.1, 0.15) is 12.8 Å². The highest BCUT2D eigenvalue weighted by Crippen LogP contribution is 2.02. The molecule has 2 rings (SSSR count). The molecule has 0 saturated carbocycles. The third kappa shape index (κ3) is 2.88. The number of halogens is 1. The first-order valence-electron chi connectivity index (χ1n) is 4.41. The molecule has 0 unspecified atom stereocenters. The minimum absolute atomic E-state index is 0. The van der Waals surface area contributed by atoms with E-state index in [0.29, 0.717) is 0 Å². The van der Waals surface area contributed by atoms with E-state index in [9.17, 15) is 0 Å². The van der Waals surface area contributed by atoms with E-state index in [1.165, 1.54) is 0 Å². The number of aromatic nitrogens is 1. The van der Waals surface area contributed by atoms with E-state index in [4.69, 9.17) is 0 Å². The molecule has 0 amide bonds. The van der Waals surface area contributed by atoms with Gasteiger partial charge in [-0.1, -0.05) is 6.07 Å². The maximum absolute atomic E-state index is 4.27. The minimum atomic E-state index is 0. The van der Waals surface area contributed by atoms with Crippen LogP contribution in [0.3, 0.4) is 0 Å². The van der Waals surface area contributed by atoms with Crippen LogP contribution in [-0.2, 0) is 0 Å². The number of hydrazine groups is 1. The average Bonchev–Trinajstić information content (AvgIpc) is 2.69. The van der Waals surface area contributed by atoms with E-state index in [0.717, 1.165) is 31.0 Å². The van der Waals surface area contributed by atoms with Gasteiger partial charge in [0.2, 0.25) is 0 Å². The summed E-state index contributed by atoms with van der Waals surface area (Å²) in [6.45, 7) is 0.937. The molecule has 1 aromatic rings. The first kappa shape index (κ1) is 10.8. The molecule has 1 aliphatic rings. The maximum atomic E-state index is 4.27. The van der Waals surface area contributed by atoms with Gasteiger partial charge in [-0.25, -0.2) is 4.98 Å². The van der Waals surface area contributed by atoms with Crippen molar-refractivity contribution in [3.8, 4) is 0 Å². The molecule has 0 aromatic carbocycles. The summed E-state index contributed by atoms with van der Waals surface area (Å²) in [6, 6.07) is 5.73. The first-order chi connectivity index (χ1) is 6.45. The summed E-state index contributed by atoms with van der Waals surface area (Å²) < 4.78 is 0. The minimum Gasteiger partial charge on any atom is -1.00 e. The first-order valence-corrected chi connectivity index (χ1v) is 4.41. The van der Waals surface area contributed by atoms with Crippen molar-refractivity contribution in [3.63, 3.8) is 0 Å². The van der Waals surface area contributed by atoms with Crippen molar-refractivity contribution in [2.75, 3.05) is 12.0 Å². The van der Waals surface area contributed by atoms with Gasteiger partial charge in [-0.05, 0) is 18.6 Å². The molecule has 14 heavy (non-hydrogen) atoms. The summed E-state index contributed by atoms with van der Waals surface area (Å²) in [4.78, 5) is 8.38. The van der Waals surface area contributed by atoms with Gasteiger partial charge in [0, 0.05) is 19.2 Å². The molecule has 0 fully saturated rings. The standard InChI is InChI=1S/C9H12N4.ClH/c1-2-6-10-8(4-1)12-13-9-5-3-7-11-9;/h1-2,4,6H,3,5,7H2,(H,10,12)(H,11,13);1H/p-1. The molecular weight excluding hydrogens is 200 g/mol. The molecule has 0 saturated heterocycles. The average molecular weight is 212 g/mol. The zero-order valence-corrected chi connectivity index (χ0v) is 8.46. The Labute approximate surface area is 89.2 Å². The highest BCUT2D eigenvalue weighted by atomic mass is 35.5. The Morgan fingerprint density at radius 2 is 2.14 bits per heavy atom. The molecule has 2 N–H and O–H groups in total. The van der Waals surface area contributed by atoms with Crippen LogP contribution < -0.4 is 23.3 Å². The van der Waals surface area contributed by atoms with Gasteiger partial charge in [0.15, 0.2) is 0 Å². The summed E-state index contributed by atoms with van der Waals surface area (Å²) in [5.74, 6) is 1.84. The topological polar surface area (TPSA) is 49.3 Å². The molecule has 4 nitrogen and oxygen atoms in total. The molecule has 76 valence electrons. The lowest BCUT2D eigenvalue weighted by molar-refractivity contribution is -0.00000282. The Kier molecular flexibility index (Phi) is 4.19. The van der Waals surface area contributed by atoms with E-state index in [-0.39, 0.29) is 12.4 Å². The van der Waals surface area contributed by atoms with Crippen LogP contribution in [0.15, 0.2) is 29.4 Å². The quantitative estimate of drug-likeness (QED) is 0.568. The second-order valence-electron chi connectivity index (χ2n) is 2.90. The number of pyridine rings is 1. The number of hydrogen-bond acceptors (Lipinski definition) is 4. The number of rotatable bonds is 2. The largest absolute Gasteiger partial charge is 1.00 e. The van der Waals surface area contributed by atoms with Crippen molar-refractivity contribution in [2.45, 2.75) is 12.8 Å². The monoisotopic (exact) mass is 211 g/mol. The molecule has 1 aromatic heterocycles. The fourth-order valence-corrected chi connectivity index (χ4v) is 1.21. The predicted octanol–water partition coefficient (Wildman–Crippen LogP) is -1.81. The maximum Gasteiger partial charge on any atom is 0.144 e. The van der Waals surface area contributed by atoms with Gasteiger partial charge < -0.3 is 12.4 Å². The highest BCUT2D eigenvalue weighted by molar-refractivity contribution is 5.84. The van der Waals surface area contributed by atoms with E-state index in [2.05, 4.69) is 20.8 Å². The van der Waals surface area contributed by atoms with E-state index in [1.54, 1.807) is 6.20 Å². The second kappa shape index (κ2) is 5.44. The molecule has 0 radical (unpaired) electrons. The van der Waals surface area contributed by atoms with Gasteiger partial charge in [0.05, 0.1) is 0 Å². The number of hydrogen-bond donors (Lipinski definition) is 2. The Morgan fingerprint density at radius 3 is 2.79 bits per heavy atom. The molecule has 5 heteroatoms. The van der Waals surface area contributed by atoms with Crippen LogP contribution in [0.2, 0.25) is 0 Å². The molecular formula is C9H12ClN4-. The van der Waals surface area contributed by atoms with Crippen LogP contribution >= 0.6 is 0 Å². The highest BCUT2D eigenvalue weighted by Gasteiger charge is 2.04. The number of amidine groups is 1. The lowest BCUT2D eigenvalue weighted by Crippen LogP contribution is -3.00. The van der Waals surface area contributed by atoms with Gasteiger partial charge in [0.25, 0.3) is 0 Å². The van der Waals surface area contributed by atoms with Gasteiger partial charge >= 0.3 is 0 Å². The van der Waals surface area contributed by atoms with Gasteiger partial charge in [-0.3, -0.25) is 15.8 Å². The van der Waals surface area contributed by atoms with Crippen molar-refractivity contribution in [3.05, 3.63) is 24.4 Å². The summed E-state index contributed by atoms with van der Waals surface area (Å²) >= 11 is 0. The van der Waals surface area contributed by atoms with Crippen LogP contribution in [0.5, 0.6) is 0 Å². The Morgan fingerprint density at radius 1 is 1.21 bits per heavy atom. The fraction of sp³-hybridized carbons (Fsp3) is 0.333. The zero-order chi connectivity index (χ0) is 8.93. The number of aliphatic imine (C=N–C) groups is 1. The second-order valence-corrected chi connectivity index (χ2v) is 2.90. The molecule has 2 heterocycles. The normalized spacial score (nSPS) is 14.1. The smallest absolute Gasteiger partial charge is 0.144 e. The van der Waals surface area contributed by atoms with Crippen LogP contribution in [0.25, 0.3) is 0 Å². The van der Waals surface area contributed by atoms with Crippen molar-refractivity contribution >= 4 is 11.7 Å². The van der Waals surface area contributed by atoms with Crippen molar-refractivity contribution in [2.24, 2.45) is 4.99 Å². The zero-order valence-electron chi connectivity index (χ0n) is 7.70. The van der Waals surface area contributed by atoms with E-state index < -0.39 is 0 Å². The Hall–Kier alpha value is -1.29. The Bertz CT molecular complexity index is 299. The fourth-order valence-electron chi connectivity index (χ4n) is 1.21. The molecule has 0 aliphatic carbocycles. The van der Waals surface area contributed by atoms with Gasteiger partial charge in [-0.2, -0.15) is 0 Å². The van der Waals surface area contributed by atoms with Crippen LogP contribution in [-0.4, -0.2) is 17.4 Å². The van der Waals surface area contributed by atoms with E-state index >= 15 is 0 Å². The van der Waals surface area contributed by atoms with Crippen molar-refractivity contribution in [1.82, 2.24) is 10.4 Å². The SMILES string of the molecule is [Cl-].c1ccc(NNC2=NCCC2)nc1. The summed E-state index contributed by atoms with van der Waals surface area (Å²) in [5.41, 5.74) is 6.03. The number of nitrogens with zero attached hydrogens (tertiary/aromatic N) is 2. The number of nitrogens with one attached hydrogen (secondary N) is 2. The van der Waals surface area contributed by atoms with Crippen LogP contribution in [0, 0.1) is 0 Å². The third-order valence-corrected chi connectivity index (χ3v) is 1.87. The molecule has 0 bridgehead atoms. The van der Waals surface area contributed by atoms with Crippen molar-refractivity contribution in [1.29, 1.82) is 0 Å². The lowest BCUT2D eigenvalue weighted by atomic mass is 10.3. The van der Waals surface area contributed by atoms with Gasteiger partial charge in [-0.15, -0.1) is 0 Å². The van der Waals surface area contributed by atoms with E-state index in [1.807, 2.05) is 18.2 Å². The molecule has 1 aliphatic heterocycles. The van der Waals surface area contributed by atoms with Crippen molar-refractivity contribution < 1.29 is 12.4 Å². The number of anilines is 1. The third-order valence-electron chi connectivity index (χ3n) is 1.87. The molecule has 0 atom stereocenters. The predicted molar refractivity (Wildman–Crippen MR) is 52.5 cm³/mol. The molecule has 0 spiro atoms.